The van der Waals surface area contributed by atoms with Crippen LogP contribution in [0.4, 0.5) is 17.6 Å². The van der Waals surface area contributed by atoms with Crippen LogP contribution in [-0.2, 0) is 12.8 Å². The van der Waals surface area contributed by atoms with Gasteiger partial charge in [-0.1, -0.05) is 0 Å². The molecular formula is C13H13F4NO. The highest BCUT2D eigenvalue weighted by Crippen LogP contribution is 2.42. The molecule has 0 amide bonds. The molecule has 6 heteroatoms. The van der Waals surface area contributed by atoms with Crippen molar-refractivity contribution < 1.29 is 22.3 Å². The van der Waals surface area contributed by atoms with Crippen LogP contribution in [0, 0.1) is 0 Å². The fourth-order valence-corrected chi connectivity index (χ4v) is 2.74. The van der Waals surface area contributed by atoms with Crippen LogP contribution in [0.15, 0.2) is 6.20 Å². The molecule has 2 aliphatic carbocycles. The Labute approximate surface area is 107 Å². The Bertz CT molecular complexity index is 496. The minimum Gasteiger partial charge on any atom is -0.488 e. The van der Waals surface area contributed by atoms with Crippen LogP contribution in [0.3, 0.4) is 0 Å². The maximum Gasteiger partial charge on any atom is 0.280 e. The standard InChI is InChI=1S/C13H13F4NO/c14-12(15)11-9-3-1-2-8(9)10(6-18-11)19-7-4-13(16,17)5-7/h6-7,12H,1-5H2. The second-order valence-electron chi connectivity index (χ2n) is 5.12. The highest BCUT2D eigenvalue weighted by molar-refractivity contribution is 5.44. The van der Waals surface area contributed by atoms with Crippen LogP contribution < -0.4 is 4.74 Å². The first-order valence-corrected chi connectivity index (χ1v) is 6.29. The van der Waals surface area contributed by atoms with E-state index in [2.05, 4.69) is 4.98 Å². The molecule has 0 unspecified atom stereocenters. The van der Waals surface area contributed by atoms with Gasteiger partial charge in [0.25, 0.3) is 12.3 Å². The number of hydrogen-bond donors (Lipinski definition) is 0. The molecule has 1 aromatic rings. The Kier molecular flexibility index (Phi) is 2.91. The average molecular weight is 275 g/mol. The van der Waals surface area contributed by atoms with Gasteiger partial charge in [0.2, 0.25) is 0 Å². The van der Waals surface area contributed by atoms with Gasteiger partial charge in [-0.3, -0.25) is 4.98 Å². The van der Waals surface area contributed by atoms with E-state index in [1.54, 1.807) is 0 Å². The maximum atomic E-state index is 12.8. The highest BCUT2D eigenvalue weighted by Gasteiger charge is 2.47. The Morgan fingerprint density at radius 1 is 1.21 bits per heavy atom. The van der Waals surface area contributed by atoms with Gasteiger partial charge < -0.3 is 4.74 Å². The van der Waals surface area contributed by atoms with Gasteiger partial charge in [-0.25, -0.2) is 17.6 Å². The lowest BCUT2D eigenvalue weighted by molar-refractivity contribution is -0.134. The molecule has 2 nitrogen and oxygen atoms in total. The summed E-state index contributed by atoms with van der Waals surface area (Å²) in [5.74, 6) is -2.25. The molecule has 2 aliphatic rings. The first kappa shape index (κ1) is 12.7. The molecular weight excluding hydrogens is 262 g/mol. The normalized spacial score (nSPS) is 21.3. The fraction of sp³-hybridized carbons (Fsp3) is 0.615. The quantitative estimate of drug-likeness (QED) is 0.785. The monoisotopic (exact) mass is 275 g/mol. The predicted molar refractivity (Wildman–Crippen MR) is 59.8 cm³/mol. The van der Waals surface area contributed by atoms with Crippen molar-refractivity contribution in [2.45, 2.75) is 50.6 Å². The number of hydrogen-bond acceptors (Lipinski definition) is 2. The van der Waals surface area contributed by atoms with Crippen molar-refractivity contribution in [1.82, 2.24) is 4.98 Å². The number of halogens is 4. The molecule has 19 heavy (non-hydrogen) atoms. The zero-order chi connectivity index (χ0) is 13.6. The number of fused-ring (bicyclic) bond motifs is 1. The molecule has 1 aromatic heterocycles. The summed E-state index contributed by atoms with van der Waals surface area (Å²) in [6, 6.07) is 0. The van der Waals surface area contributed by atoms with Gasteiger partial charge in [0, 0.05) is 18.4 Å². The van der Waals surface area contributed by atoms with Crippen molar-refractivity contribution in [2.75, 3.05) is 0 Å². The zero-order valence-corrected chi connectivity index (χ0v) is 10.1. The van der Waals surface area contributed by atoms with Gasteiger partial charge in [-0.2, -0.15) is 0 Å². The van der Waals surface area contributed by atoms with Crippen LogP contribution >= 0.6 is 0 Å². The topological polar surface area (TPSA) is 22.1 Å². The van der Waals surface area contributed by atoms with Crippen LogP contribution in [0.5, 0.6) is 5.75 Å². The van der Waals surface area contributed by atoms with Crippen LogP contribution in [-0.4, -0.2) is 17.0 Å². The van der Waals surface area contributed by atoms with E-state index in [1.165, 1.54) is 6.20 Å². The molecule has 104 valence electrons. The zero-order valence-electron chi connectivity index (χ0n) is 10.1. The van der Waals surface area contributed by atoms with Crippen LogP contribution in [0.1, 0.15) is 42.5 Å². The lowest BCUT2D eigenvalue weighted by Crippen LogP contribution is -2.43. The Balaban J connectivity index is 1.82. The van der Waals surface area contributed by atoms with Crippen molar-refractivity contribution in [1.29, 1.82) is 0 Å². The third-order valence-electron chi connectivity index (χ3n) is 3.70. The second-order valence-corrected chi connectivity index (χ2v) is 5.12. The average Bonchev–Trinajstić information content (AvgIpc) is 2.75. The van der Waals surface area contributed by atoms with Crippen molar-refractivity contribution in [3.8, 4) is 5.75 Å². The molecule has 3 rings (SSSR count). The molecule has 0 N–H and O–H groups in total. The van der Waals surface area contributed by atoms with Gasteiger partial charge in [-0.05, 0) is 24.8 Å². The van der Waals surface area contributed by atoms with E-state index in [-0.39, 0.29) is 18.5 Å². The summed E-state index contributed by atoms with van der Waals surface area (Å²) < 4.78 is 56.5. The minimum absolute atomic E-state index is 0.196. The number of nitrogens with zero attached hydrogens (tertiary/aromatic N) is 1. The third-order valence-corrected chi connectivity index (χ3v) is 3.70. The van der Waals surface area contributed by atoms with Gasteiger partial charge >= 0.3 is 0 Å². The summed E-state index contributed by atoms with van der Waals surface area (Å²) in [4.78, 5) is 3.74. The molecule has 0 saturated heterocycles. The van der Waals surface area contributed by atoms with Crippen LogP contribution in [0.2, 0.25) is 0 Å². The lowest BCUT2D eigenvalue weighted by Gasteiger charge is -2.35. The van der Waals surface area contributed by atoms with E-state index in [1.807, 2.05) is 0 Å². The summed E-state index contributed by atoms with van der Waals surface area (Å²) in [5.41, 5.74) is 1.07. The molecule has 0 atom stereocenters. The van der Waals surface area contributed by atoms with Crippen molar-refractivity contribution in [3.63, 3.8) is 0 Å². The first-order chi connectivity index (χ1) is 8.96. The Morgan fingerprint density at radius 2 is 1.89 bits per heavy atom. The summed E-state index contributed by atoms with van der Waals surface area (Å²) in [6.07, 6.45) is -0.514. The number of pyridine rings is 1. The smallest absolute Gasteiger partial charge is 0.280 e. The fourth-order valence-electron chi connectivity index (χ4n) is 2.74. The van der Waals surface area contributed by atoms with Crippen molar-refractivity contribution in [2.24, 2.45) is 0 Å². The van der Waals surface area contributed by atoms with Gasteiger partial charge in [0.1, 0.15) is 17.5 Å². The van der Waals surface area contributed by atoms with E-state index in [0.717, 1.165) is 12.0 Å². The number of ether oxygens (including phenoxy) is 1. The predicted octanol–water partition coefficient (Wildman–Crippen LogP) is 3.68. The molecule has 0 spiro atoms. The van der Waals surface area contributed by atoms with E-state index < -0.39 is 18.5 Å². The maximum absolute atomic E-state index is 12.8. The summed E-state index contributed by atoms with van der Waals surface area (Å²) in [6.45, 7) is 0. The molecule has 1 fully saturated rings. The Hall–Kier alpha value is -1.33. The van der Waals surface area contributed by atoms with E-state index >= 15 is 0 Å². The largest absolute Gasteiger partial charge is 0.488 e. The SMILES string of the molecule is FC(F)c1ncc(OC2CC(F)(F)C2)c2c1CCC2. The third kappa shape index (κ3) is 2.28. The van der Waals surface area contributed by atoms with Crippen molar-refractivity contribution in [3.05, 3.63) is 23.0 Å². The van der Waals surface area contributed by atoms with Gasteiger partial charge in [0.15, 0.2) is 0 Å². The Morgan fingerprint density at radius 3 is 2.53 bits per heavy atom. The number of aromatic nitrogens is 1. The molecule has 1 heterocycles. The molecule has 0 aliphatic heterocycles. The minimum atomic E-state index is -2.65. The summed E-state index contributed by atoms with van der Waals surface area (Å²) in [5, 5.41) is 0. The first-order valence-electron chi connectivity index (χ1n) is 6.29. The van der Waals surface area contributed by atoms with Gasteiger partial charge in [0.05, 0.1) is 6.20 Å². The van der Waals surface area contributed by atoms with E-state index in [0.29, 0.717) is 24.2 Å². The molecule has 1 saturated carbocycles. The summed E-state index contributed by atoms with van der Waals surface area (Å²) >= 11 is 0. The lowest BCUT2D eigenvalue weighted by atomic mass is 9.91. The second kappa shape index (κ2) is 4.35. The van der Waals surface area contributed by atoms with Crippen molar-refractivity contribution >= 4 is 0 Å². The van der Waals surface area contributed by atoms with E-state index in [4.69, 9.17) is 4.74 Å². The highest BCUT2D eigenvalue weighted by atomic mass is 19.3. The van der Waals surface area contributed by atoms with Crippen LogP contribution in [0.25, 0.3) is 0 Å². The summed E-state index contributed by atoms with van der Waals surface area (Å²) in [7, 11) is 0. The number of rotatable bonds is 3. The molecule has 0 bridgehead atoms. The van der Waals surface area contributed by atoms with E-state index in [9.17, 15) is 17.6 Å². The molecule has 0 aromatic carbocycles. The van der Waals surface area contributed by atoms with Gasteiger partial charge in [-0.15, -0.1) is 0 Å². The molecule has 0 radical (unpaired) electrons. The number of alkyl halides is 4.